The maximum absolute atomic E-state index is 13.1. The van der Waals surface area contributed by atoms with E-state index in [0.29, 0.717) is 12.2 Å². The van der Waals surface area contributed by atoms with Crippen LogP contribution < -0.4 is 16.4 Å². The van der Waals surface area contributed by atoms with Gasteiger partial charge in [-0.15, -0.1) is 0 Å². The quantitative estimate of drug-likeness (QED) is 0.557. The lowest BCUT2D eigenvalue weighted by Crippen LogP contribution is -2.64. The minimum absolute atomic E-state index is 0.00647. The summed E-state index contributed by atoms with van der Waals surface area (Å²) in [7, 11) is 0. The second kappa shape index (κ2) is 7.34. The van der Waals surface area contributed by atoms with Crippen molar-refractivity contribution in [1.82, 2.24) is 4.90 Å². The molecule has 0 radical (unpaired) electrons. The first kappa shape index (κ1) is 18.5. The van der Waals surface area contributed by atoms with Crippen LogP contribution in [0.5, 0.6) is 0 Å². The molecule has 0 bridgehead atoms. The summed E-state index contributed by atoms with van der Waals surface area (Å²) in [4.78, 5) is 37.3. The smallest absolute Gasteiger partial charge is 0.321 e. The molecule has 0 aliphatic carbocycles. The number of benzene rings is 1. The topological polar surface area (TPSA) is 150 Å². The Labute approximate surface area is 142 Å². The molecule has 1 aliphatic heterocycles. The summed E-state index contributed by atoms with van der Waals surface area (Å²) in [5.41, 5.74) is 11.5. The Morgan fingerprint density at radius 2 is 1.72 bits per heavy atom. The third-order valence-electron chi connectivity index (χ3n) is 4.27. The molecule has 1 aliphatic rings. The Bertz CT molecular complexity index is 668. The number of anilines is 1. The monoisotopic (exact) mass is 354 g/mol. The standard InChI is InChI=1S/C15H19FN4O5/c16-8-1-3-9(4-2-8)19-5-6-20(15(18)25)10(7-19)11(13(21)22)12(17)14(23)24/h1-4,10-12H,5-7,17H2,(H2,18,25)(H,21,22)(H,23,24)/t10?,11?,12-/m0/s1. The summed E-state index contributed by atoms with van der Waals surface area (Å²) in [6.07, 6.45) is 0. The van der Waals surface area contributed by atoms with Crippen molar-refractivity contribution in [3.63, 3.8) is 0 Å². The second-order valence-electron chi connectivity index (χ2n) is 5.75. The molecular weight excluding hydrogens is 335 g/mol. The molecule has 9 nitrogen and oxygen atoms in total. The summed E-state index contributed by atoms with van der Waals surface area (Å²) in [5, 5.41) is 18.5. The van der Waals surface area contributed by atoms with Gasteiger partial charge < -0.3 is 31.5 Å². The number of carboxylic acid groups (broad SMARTS) is 2. The van der Waals surface area contributed by atoms with Crippen molar-refractivity contribution < 1.29 is 29.0 Å². The Morgan fingerprint density at radius 1 is 1.12 bits per heavy atom. The first-order valence-corrected chi connectivity index (χ1v) is 7.50. The van der Waals surface area contributed by atoms with Crippen LogP contribution in [0.3, 0.4) is 0 Å². The Morgan fingerprint density at radius 3 is 2.20 bits per heavy atom. The molecular formula is C15H19FN4O5. The van der Waals surface area contributed by atoms with Gasteiger partial charge in [0, 0.05) is 25.3 Å². The summed E-state index contributed by atoms with van der Waals surface area (Å²) in [6, 6.07) is 1.92. The van der Waals surface area contributed by atoms with Gasteiger partial charge in [-0.25, -0.2) is 9.18 Å². The molecule has 2 rings (SSSR count). The van der Waals surface area contributed by atoms with Crippen molar-refractivity contribution >= 4 is 23.7 Å². The third-order valence-corrected chi connectivity index (χ3v) is 4.27. The van der Waals surface area contributed by atoms with Crippen molar-refractivity contribution in [1.29, 1.82) is 0 Å². The first-order chi connectivity index (χ1) is 11.7. The van der Waals surface area contributed by atoms with E-state index in [2.05, 4.69) is 0 Å². The number of aliphatic carboxylic acids is 2. The molecule has 10 heteroatoms. The van der Waals surface area contributed by atoms with E-state index in [-0.39, 0.29) is 13.1 Å². The maximum atomic E-state index is 13.1. The fourth-order valence-corrected chi connectivity index (χ4v) is 2.99. The van der Waals surface area contributed by atoms with Crippen molar-refractivity contribution in [2.75, 3.05) is 24.5 Å². The molecule has 1 heterocycles. The number of nitrogens with two attached hydrogens (primary N) is 2. The van der Waals surface area contributed by atoms with Gasteiger partial charge in [0.05, 0.1) is 6.04 Å². The highest BCUT2D eigenvalue weighted by Gasteiger charge is 2.44. The summed E-state index contributed by atoms with van der Waals surface area (Å²) in [6.45, 7) is 0.430. The molecule has 6 N–H and O–H groups in total. The molecule has 2 amide bonds. The fraction of sp³-hybridized carbons (Fsp3) is 0.400. The van der Waals surface area contributed by atoms with Gasteiger partial charge in [0.2, 0.25) is 0 Å². The van der Waals surface area contributed by atoms with Gasteiger partial charge in [0.25, 0.3) is 0 Å². The van der Waals surface area contributed by atoms with Gasteiger partial charge in [-0.05, 0) is 24.3 Å². The van der Waals surface area contributed by atoms with E-state index < -0.39 is 41.8 Å². The number of hydrogen-bond acceptors (Lipinski definition) is 5. The highest BCUT2D eigenvalue weighted by Crippen LogP contribution is 2.25. The molecule has 1 fully saturated rings. The Balaban J connectivity index is 2.34. The normalized spacial score (nSPS) is 20.0. The fourth-order valence-electron chi connectivity index (χ4n) is 2.99. The lowest BCUT2D eigenvalue weighted by atomic mass is 9.89. The average molecular weight is 354 g/mol. The van der Waals surface area contributed by atoms with E-state index in [1.807, 2.05) is 0 Å². The van der Waals surface area contributed by atoms with Crippen LogP contribution in [0.25, 0.3) is 0 Å². The summed E-state index contributed by atoms with van der Waals surface area (Å²) in [5.74, 6) is -4.90. The summed E-state index contributed by atoms with van der Waals surface area (Å²) >= 11 is 0. The highest BCUT2D eigenvalue weighted by molar-refractivity contribution is 5.84. The van der Waals surface area contributed by atoms with Gasteiger partial charge >= 0.3 is 18.0 Å². The van der Waals surface area contributed by atoms with Gasteiger partial charge in [0.1, 0.15) is 17.8 Å². The van der Waals surface area contributed by atoms with Crippen LogP contribution in [0.2, 0.25) is 0 Å². The van der Waals surface area contributed by atoms with Gasteiger partial charge in [-0.2, -0.15) is 0 Å². The molecule has 1 saturated heterocycles. The van der Waals surface area contributed by atoms with Gasteiger partial charge in [-0.1, -0.05) is 0 Å². The molecule has 3 atom stereocenters. The molecule has 0 aromatic heterocycles. The molecule has 1 aromatic rings. The van der Waals surface area contributed by atoms with Crippen LogP contribution in [0.15, 0.2) is 24.3 Å². The number of hydrogen-bond donors (Lipinski definition) is 4. The number of nitrogens with zero attached hydrogens (tertiary/aromatic N) is 2. The van der Waals surface area contributed by atoms with E-state index in [4.69, 9.17) is 16.6 Å². The lowest BCUT2D eigenvalue weighted by Gasteiger charge is -2.44. The van der Waals surface area contributed by atoms with Crippen molar-refractivity contribution in [3.05, 3.63) is 30.1 Å². The number of urea groups is 1. The number of carbonyl (C=O) groups excluding carboxylic acids is 1. The lowest BCUT2D eigenvalue weighted by molar-refractivity contribution is -0.152. The number of amides is 2. The summed E-state index contributed by atoms with van der Waals surface area (Å²) < 4.78 is 13.1. The van der Waals surface area contributed by atoms with E-state index in [0.717, 1.165) is 4.90 Å². The predicted molar refractivity (Wildman–Crippen MR) is 85.4 cm³/mol. The number of primary amides is 1. The number of piperazine rings is 1. The Kier molecular flexibility index (Phi) is 5.42. The number of carbonyl (C=O) groups is 3. The van der Waals surface area contributed by atoms with Crippen LogP contribution in [-0.2, 0) is 9.59 Å². The molecule has 25 heavy (non-hydrogen) atoms. The van der Waals surface area contributed by atoms with Crippen molar-refractivity contribution in [3.8, 4) is 0 Å². The first-order valence-electron chi connectivity index (χ1n) is 7.50. The van der Waals surface area contributed by atoms with Crippen molar-refractivity contribution in [2.45, 2.75) is 12.1 Å². The average Bonchev–Trinajstić information content (AvgIpc) is 2.55. The van der Waals surface area contributed by atoms with Crippen LogP contribution >= 0.6 is 0 Å². The largest absolute Gasteiger partial charge is 0.481 e. The van der Waals surface area contributed by atoms with Gasteiger partial charge in [0.15, 0.2) is 0 Å². The number of halogens is 1. The van der Waals surface area contributed by atoms with E-state index >= 15 is 0 Å². The van der Waals surface area contributed by atoms with Crippen LogP contribution in [-0.4, -0.2) is 64.8 Å². The predicted octanol–water partition coefficient (Wildman–Crippen LogP) is -0.492. The van der Waals surface area contributed by atoms with E-state index in [1.54, 1.807) is 4.90 Å². The zero-order valence-electron chi connectivity index (χ0n) is 13.2. The van der Waals surface area contributed by atoms with Gasteiger partial charge in [-0.3, -0.25) is 9.59 Å². The molecule has 136 valence electrons. The number of carboxylic acids is 2. The highest BCUT2D eigenvalue weighted by atomic mass is 19.1. The molecule has 1 aromatic carbocycles. The van der Waals surface area contributed by atoms with Crippen LogP contribution in [0.4, 0.5) is 14.9 Å². The third kappa shape index (κ3) is 3.97. The Hall–Kier alpha value is -2.88. The van der Waals surface area contributed by atoms with Crippen LogP contribution in [0.1, 0.15) is 0 Å². The minimum Gasteiger partial charge on any atom is -0.481 e. The van der Waals surface area contributed by atoms with E-state index in [9.17, 15) is 23.9 Å². The zero-order chi connectivity index (χ0) is 18.7. The van der Waals surface area contributed by atoms with E-state index in [1.165, 1.54) is 24.3 Å². The van der Waals surface area contributed by atoms with Crippen molar-refractivity contribution in [2.24, 2.45) is 17.4 Å². The molecule has 2 unspecified atom stereocenters. The molecule has 0 spiro atoms. The molecule has 0 saturated carbocycles. The second-order valence-corrected chi connectivity index (χ2v) is 5.75. The zero-order valence-corrected chi connectivity index (χ0v) is 13.2. The maximum Gasteiger partial charge on any atom is 0.321 e. The SMILES string of the molecule is NC(=O)N1CCN(c2ccc(F)cc2)CC1C(C(=O)O)[C@H](N)C(=O)O. The van der Waals surface area contributed by atoms with Crippen LogP contribution in [0, 0.1) is 11.7 Å². The minimum atomic E-state index is -1.71. The number of rotatable bonds is 5.